The molecule has 0 saturated heterocycles. The van der Waals surface area contributed by atoms with Crippen LogP contribution in [0, 0.1) is 0 Å². The number of hydrogen-bond acceptors (Lipinski definition) is 7. The molecule has 2 N–H and O–H groups in total. The molecule has 2 aromatic rings. The molecule has 0 aliphatic carbocycles. The molecule has 0 spiro atoms. The van der Waals surface area contributed by atoms with Crippen molar-refractivity contribution in [2.75, 3.05) is 52.9 Å². The van der Waals surface area contributed by atoms with E-state index in [-0.39, 0.29) is 11.9 Å². The number of nitrogens with one attached hydrogen (secondary N) is 2. The molecule has 0 unspecified atom stereocenters. The summed E-state index contributed by atoms with van der Waals surface area (Å²) in [4.78, 5) is 31.1. The number of aromatic nitrogens is 1. The van der Waals surface area contributed by atoms with Crippen LogP contribution in [0.15, 0.2) is 29.6 Å². The van der Waals surface area contributed by atoms with Gasteiger partial charge in [-0.15, -0.1) is 11.3 Å². The van der Waals surface area contributed by atoms with Gasteiger partial charge < -0.3 is 29.7 Å². The van der Waals surface area contributed by atoms with Gasteiger partial charge in [-0.25, -0.2) is 9.78 Å². The Kier molecular flexibility index (Phi) is 10.8. The summed E-state index contributed by atoms with van der Waals surface area (Å²) in [7, 11) is 4.84. The number of rotatable bonds is 13. The highest BCUT2D eigenvalue weighted by atomic mass is 32.1. The van der Waals surface area contributed by atoms with Crippen LogP contribution < -0.4 is 15.4 Å². The maximum absolute atomic E-state index is 12.8. The van der Waals surface area contributed by atoms with Gasteiger partial charge in [0.15, 0.2) is 0 Å². The summed E-state index contributed by atoms with van der Waals surface area (Å²) in [5.41, 5.74) is 1.02. The zero-order valence-electron chi connectivity index (χ0n) is 18.2. The third-order valence-electron chi connectivity index (χ3n) is 4.33. The number of anilines is 1. The molecule has 170 valence electrons. The van der Waals surface area contributed by atoms with E-state index in [2.05, 4.69) is 15.6 Å². The second-order valence-corrected chi connectivity index (χ2v) is 7.60. The van der Waals surface area contributed by atoms with Gasteiger partial charge in [-0.3, -0.25) is 4.79 Å². The maximum atomic E-state index is 12.8. The number of methoxy groups -OCH3 is 3. The lowest BCUT2D eigenvalue weighted by molar-refractivity contribution is 0.0944. The van der Waals surface area contributed by atoms with Crippen molar-refractivity contribution in [1.82, 2.24) is 15.2 Å². The normalized spacial score (nSPS) is 10.5. The van der Waals surface area contributed by atoms with Crippen molar-refractivity contribution in [2.45, 2.75) is 19.4 Å². The smallest absolute Gasteiger partial charge is 0.322 e. The largest absolute Gasteiger partial charge is 0.497 e. The monoisotopic (exact) mass is 450 g/mol. The van der Waals surface area contributed by atoms with Gasteiger partial charge in [0, 0.05) is 51.6 Å². The van der Waals surface area contributed by atoms with Gasteiger partial charge in [0.2, 0.25) is 0 Å². The third-order valence-corrected chi connectivity index (χ3v) is 5.16. The van der Waals surface area contributed by atoms with Crippen LogP contribution in [0.3, 0.4) is 0 Å². The van der Waals surface area contributed by atoms with Crippen LogP contribution in [0.5, 0.6) is 5.75 Å². The lowest BCUT2D eigenvalue weighted by Gasteiger charge is -2.22. The summed E-state index contributed by atoms with van der Waals surface area (Å²) in [6.07, 6.45) is 1.42. The molecule has 0 aliphatic rings. The van der Waals surface area contributed by atoms with Crippen molar-refractivity contribution in [3.63, 3.8) is 0 Å². The van der Waals surface area contributed by atoms with Crippen LogP contribution in [-0.2, 0) is 16.0 Å². The first-order chi connectivity index (χ1) is 15.1. The Bertz CT molecular complexity index is 812. The lowest BCUT2D eigenvalue weighted by Crippen LogP contribution is -2.35. The standard InChI is InChI=1S/C21H30N4O5S/c1-28-12-4-10-22-20(26)18-15-31-19(24-18)14-25(11-5-13-29-2)21(27)23-16-6-8-17(30-3)9-7-16/h6-9,15H,4-5,10-14H2,1-3H3,(H,22,26)(H,23,27). The quantitative estimate of drug-likeness (QED) is 0.455. The minimum absolute atomic E-state index is 0.229. The Morgan fingerprint density at radius 2 is 1.77 bits per heavy atom. The number of hydrogen-bond donors (Lipinski definition) is 2. The van der Waals surface area contributed by atoms with Gasteiger partial charge >= 0.3 is 6.03 Å². The number of nitrogens with zero attached hydrogens (tertiary/aromatic N) is 2. The fraction of sp³-hybridized carbons (Fsp3) is 0.476. The summed E-state index contributed by atoms with van der Waals surface area (Å²) in [6.45, 7) is 2.44. The number of carbonyl (C=O) groups excluding carboxylic acids is 2. The van der Waals surface area contributed by atoms with Crippen LogP contribution in [0.4, 0.5) is 10.5 Å². The van der Waals surface area contributed by atoms with E-state index in [1.807, 2.05) is 0 Å². The zero-order valence-corrected chi connectivity index (χ0v) is 19.0. The van der Waals surface area contributed by atoms with Crippen LogP contribution >= 0.6 is 11.3 Å². The maximum Gasteiger partial charge on any atom is 0.322 e. The van der Waals surface area contributed by atoms with E-state index in [0.29, 0.717) is 61.4 Å². The van der Waals surface area contributed by atoms with Crippen LogP contribution in [0.25, 0.3) is 0 Å². The summed E-state index contributed by atoms with van der Waals surface area (Å²) in [6, 6.07) is 6.87. The number of benzene rings is 1. The van der Waals surface area contributed by atoms with Crippen LogP contribution in [-0.4, -0.2) is 69.5 Å². The summed E-state index contributed by atoms with van der Waals surface area (Å²) < 4.78 is 15.2. The van der Waals surface area contributed by atoms with Crippen molar-refractivity contribution in [3.8, 4) is 5.75 Å². The molecule has 10 heteroatoms. The molecule has 1 aromatic heterocycles. The average molecular weight is 451 g/mol. The van der Waals surface area contributed by atoms with Crippen molar-refractivity contribution in [3.05, 3.63) is 40.3 Å². The predicted molar refractivity (Wildman–Crippen MR) is 120 cm³/mol. The number of carbonyl (C=O) groups is 2. The number of ether oxygens (including phenoxy) is 3. The molecular weight excluding hydrogens is 420 g/mol. The Labute approximate surface area is 186 Å². The van der Waals surface area contributed by atoms with E-state index in [1.54, 1.807) is 55.9 Å². The van der Waals surface area contributed by atoms with Gasteiger partial charge in [-0.1, -0.05) is 0 Å². The van der Waals surface area contributed by atoms with Gasteiger partial charge in [-0.2, -0.15) is 0 Å². The topological polar surface area (TPSA) is 102 Å². The van der Waals surface area contributed by atoms with E-state index in [1.165, 1.54) is 11.3 Å². The minimum atomic E-state index is -0.248. The Morgan fingerprint density at radius 3 is 2.45 bits per heavy atom. The molecule has 0 bridgehead atoms. The lowest BCUT2D eigenvalue weighted by atomic mass is 10.3. The molecule has 0 radical (unpaired) electrons. The Morgan fingerprint density at radius 1 is 1.06 bits per heavy atom. The fourth-order valence-corrected chi connectivity index (χ4v) is 3.48. The van der Waals surface area contributed by atoms with Gasteiger partial charge in [0.25, 0.3) is 5.91 Å². The molecule has 0 fully saturated rings. The molecule has 0 aliphatic heterocycles. The minimum Gasteiger partial charge on any atom is -0.497 e. The average Bonchev–Trinajstić information content (AvgIpc) is 3.25. The van der Waals surface area contributed by atoms with Crippen molar-refractivity contribution >= 4 is 29.0 Å². The Balaban J connectivity index is 1.98. The van der Waals surface area contributed by atoms with E-state index >= 15 is 0 Å². The summed E-state index contributed by atoms with van der Waals surface area (Å²) >= 11 is 1.35. The number of thiazole rings is 1. The van der Waals surface area contributed by atoms with E-state index < -0.39 is 0 Å². The summed E-state index contributed by atoms with van der Waals surface area (Å²) in [5, 5.41) is 8.09. The molecule has 0 atom stereocenters. The van der Waals surface area contributed by atoms with Gasteiger partial charge in [0.05, 0.1) is 13.7 Å². The molecule has 1 aromatic carbocycles. The first kappa shape index (κ1) is 24.6. The number of urea groups is 1. The molecule has 0 saturated carbocycles. The second-order valence-electron chi connectivity index (χ2n) is 6.66. The highest BCUT2D eigenvalue weighted by molar-refractivity contribution is 7.09. The van der Waals surface area contributed by atoms with Crippen molar-refractivity contribution in [1.29, 1.82) is 0 Å². The van der Waals surface area contributed by atoms with E-state index in [0.717, 1.165) is 6.42 Å². The first-order valence-electron chi connectivity index (χ1n) is 9.97. The molecule has 2 rings (SSSR count). The van der Waals surface area contributed by atoms with E-state index in [9.17, 15) is 9.59 Å². The fourth-order valence-electron chi connectivity index (χ4n) is 2.69. The van der Waals surface area contributed by atoms with Gasteiger partial charge in [-0.05, 0) is 37.1 Å². The summed E-state index contributed by atoms with van der Waals surface area (Å²) in [5.74, 6) is 0.484. The molecule has 3 amide bonds. The SMILES string of the molecule is COCCCNC(=O)c1csc(CN(CCCOC)C(=O)Nc2ccc(OC)cc2)n1. The Hall–Kier alpha value is -2.69. The first-order valence-corrected chi connectivity index (χ1v) is 10.9. The highest BCUT2D eigenvalue weighted by Gasteiger charge is 2.18. The van der Waals surface area contributed by atoms with Gasteiger partial charge in [0.1, 0.15) is 16.5 Å². The van der Waals surface area contributed by atoms with Crippen molar-refractivity contribution < 1.29 is 23.8 Å². The number of amides is 3. The van der Waals surface area contributed by atoms with E-state index in [4.69, 9.17) is 14.2 Å². The molecular formula is C21H30N4O5S. The van der Waals surface area contributed by atoms with Crippen LogP contribution in [0.1, 0.15) is 28.3 Å². The van der Waals surface area contributed by atoms with Crippen molar-refractivity contribution in [2.24, 2.45) is 0 Å². The third kappa shape index (κ3) is 8.52. The highest BCUT2D eigenvalue weighted by Crippen LogP contribution is 2.17. The predicted octanol–water partition coefficient (Wildman–Crippen LogP) is 2.99. The molecule has 1 heterocycles. The second kappa shape index (κ2) is 13.6. The molecule has 9 nitrogen and oxygen atoms in total. The van der Waals surface area contributed by atoms with Crippen LogP contribution in [0.2, 0.25) is 0 Å². The zero-order chi connectivity index (χ0) is 22.5. The molecule has 31 heavy (non-hydrogen) atoms.